The Balaban J connectivity index is 1.70. The third kappa shape index (κ3) is 5.81. The smallest absolute Gasteiger partial charge is 0.261 e. The number of anilines is 1. The maximum Gasteiger partial charge on any atom is 0.261 e. The number of halogens is 1. The van der Waals surface area contributed by atoms with Crippen LogP contribution < -0.4 is 19.5 Å². The number of amides is 1. The van der Waals surface area contributed by atoms with E-state index in [4.69, 9.17) is 9.47 Å². The number of hydrogen-bond donors (Lipinski definition) is 2. The normalized spacial score (nSPS) is 11.0. The van der Waals surface area contributed by atoms with E-state index in [2.05, 4.69) is 10.0 Å². The summed E-state index contributed by atoms with van der Waals surface area (Å²) in [5, 5.41) is 2.80. The monoisotopic (exact) mass is 472 g/mol. The van der Waals surface area contributed by atoms with Crippen molar-refractivity contribution in [2.45, 2.75) is 18.2 Å². The second kappa shape index (κ2) is 10.4. The van der Waals surface area contributed by atoms with Gasteiger partial charge in [-0.3, -0.25) is 9.52 Å². The van der Waals surface area contributed by atoms with Gasteiger partial charge in [0.15, 0.2) is 11.5 Å². The summed E-state index contributed by atoms with van der Waals surface area (Å²) < 4.78 is 52.0. The molecule has 2 N–H and O–H groups in total. The van der Waals surface area contributed by atoms with Crippen molar-refractivity contribution < 1.29 is 27.1 Å². The predicted molar refractivity (Wildman–Crippen MR) is 124 cm³/mol. The standard InChI is InChI=1S/C24H25FN2O5S/c1-16-14-18(9-10-20(16)25)33(29,30)27-21-7-5-4-6-19(21)24(28)26-13-12-17-8-11-22(31-2)23(15-17)32-3/h4-11,14-15,27H,12-13H2,1-3H3,(H,26,28). The lowest BCUT2D eigenvalue weighted by Gasteiger charge is -2.14. The summed E-state index contributed by atoms with van der Waals surface area (Å²) in [6.45, 7) is 1.81. The van der Waals surface area contributed by atoms with E-state index in [-0.39, 0.29) is 21.7 Å². The van der Waals surface area contributed by atoms with Crippen molar-refractivity contribution in [1.82, 2.24) is 5.32 Å². The number of aryl methyl sites for hydroxylation is 1. The van der Waals surface area contributed by atoms with Gasteiger partial charge in [-0.25, -0.2) is 12.8 Å². The van der Waals surface area contributed by atoms with Gasteiger partial charge in [-0.2, -0.15) is 0 Å². The molecule has 0 aliphatic rings. The Morgan fingerprint density at radius 3 is 2.39 bits per heavy atom. The van der Waals surface area contributed by atoms with Crippen LogP contribution in [0.1, 0.15) is 21.5 Å². The zero-order valence-electron chi connectivity index (χ0n) is 18.5. The highest BCUT2D eigenvalue weighted by molar-refractivity contribution is 7.92. The lowest BCUT2D eigenvalue weighted by atomic mass is 10.1. The van der Waals surface area contributed by atoms with Gasteiger partial charge in [0, 0.05) is 6.54 Å². The van der Waals surface area contributed by atoms with Crippen LogP contribution in [0.15, 0.2) is 65.6 Å². The zero-order chi connectivity index (χ0) is 24.0. The summed E-state index contributed by atoms with van der Waals surface area (Å²) in [6.07, 6.45) is 0.537. The van der Waals surface area contributed by atoms with Crippen LogP contribution in [0, 0.1) is 12.7 Å². The molecule has 0 aliphatic carbocycles. The van der Waals surface area contributed by atoms with E-state index in [1.165, 1.54) is 31.2 Å². The van der Waals surface area contributed by atoms with E-state index < -0.39 is 21.7 Å². The molecule has 0 atom stereocenters. The second-order valence-corrected chi connectivity index (χ2v) is 8.94. The molecule has 7 nitrogen and oxygen atoms in total. The largest absolute Gasteiger partial charge is 0.493 e. The molecule has 0 fully saturated rings. The van der Waals surface area contributed by atoms with E-state index in [9.17, 15) is 17.6 Å². The first-order valence-electron chi connectivity index (χ1n) is 10.1. The van der Waals surface area contributed by atoms with Crippen LogP contribution in [0.4, 0.5) is 10.1 Å². The van der Waals surface area contributed by atoms with Gasteiger partial charge in [0.25, 0.3) is 15.9 Å². The lowest BCUT2D eigenvalue weighted by molar-refractivity contribution is 0.0955. The van der Waals surface area contributed by atoms with Crippen molar-refractivity contribution in [3.8, 4) is 11.5 Å². The van der Waals surface area contributed by atoms with Crippen molar-refractivity contribution in [3.63, 3.8) is 0 Å². The minimum atomic E-state index is -4.01. The number of hydrogen-bond acceptors (Lipinski definition) is 5. The Kier molecular flexibility index (Phi) is 7.55. The number of benzene rings is 3. The fraction of sp³-hybridized carbons (Fsp3) is 0.208. The SMILES string of the molecule is COc1ccc(CCNC(=O)c2ccccc2NS(=O)(=O)c2ccc(F)c(C)c2)cc1OC. The number of carbonyl (C=O) groups is 1. The fourth-order valence-corrected chi connectivity index (χ4v) is 4.37. The summed E-state index contributed by atoms with van der Waals surface area (Å²) >= 11 is 0. The van der Waals surface area contributed by atoms with Gasteiger partial charge in [-0.1, -0.05) is 18.2 Å². The third-order valence-electron chi connectivity index (χ3n) is 5.00. The highest BCUT2D eigenvalue weighted by atomic mass is 32.2. The van der Waals surface area contributed by atoms with Crippen molar-refractivity contribution in [2.75, 3.05) is 25.5 Å². The number of sulfonamides is 1. The quantitative estimate of drug-likeness (QED) is 0.492. The minimum Gasteiger partial charge on any atom is -0.493 e. The summed E-state index contributed by atoms with van der Waals surface area (Å²) in [7, 11) is -0.902. The molecule has 0 spiro atoms. The Morgan fingerprint density at radius 2 is 1.70 bits per heavy atom. The van der Waals surface area contributed by atoms with Gasteiger partial charge in [0.2, 0.25) is 0 Å². The molecule has 0 saturated heterocycles. The molecule has 0 aromatic heterocycles. The van der Waals surface area contributed by atoms with Gasteiger partial charge in [0.05, 0.1) is 30.4 Å². The topological polar surface area (TPSA) is 93.7 Å². The summed E-state index contributed by atoms with van der Waals surface area (Å²) in [5.41, 5.74) is 1.45. The molecule has 1 amide bonds. The van der Waals surface area contributed by atoms with Gasteiger partial charge in [0.1, 0.15) is 5.82 Å². The molecule has 3 rings (SSSR count). The number of rotatable bonds is 9. The summed E-state index contributed by atoms with van der Waals surface area (Å²) in [6, 6.07) is 15.3. The lowest BCUT2D eigenvalue weighted by Crippen LogP contribution is -2.27. The van der Waals surface area contributed by atoms with Crippen molar-refractivity contribution in [2.24, 2.45) is 0 Å². The third-order valence-corrected chi connectivity index (χ3v) is 6.37. The molecule has 0 bridgehead atoms. The van der Waals surface area contributed by atoms with E-state index in [1.807, 2.05) is 12.1 Å². The maximum atomic E-state index is 13.5. The molecule has 0 heterocycles. The first-order chi connectivity index (χ1) is 15.7. The first kappa shape index (κ1) is 24.1. The first-order valence-corrected chi connectivity index (χ1v) is 11.6. The summed E-state index contributed by atoms with van der Waals surface area (Å²) in [4.78, 5) is 12.7. The highest BCUT2D eigenvalue weighted by Crippen LogP contribution is 2.27. The number of para-hydroxylation sites is 1. The Bertz CT molecular complexity index is 1260. The Morgan fingerprint density at radius 1 is 0.970 bits per heavy atom. The molecule has 0 saturated carbocycles. The van der Waals surface area contributed by atoms with Crippen LogP contribution in [0.2, 0.25) is 0 Å². The zero-order valence-corrected chi connectivity index (χ0v) is 19.3. The minimum absolute atomic E-state index is 0.0925. The molecule has 3 aromatic rings. The van der Waals surface area contributed by atoms with Crippen molar-refractivity contribution in [1.29, 1.82) is 0 Å². The number of methoxy groups -OCH3 is 2. The fourth-order valence-electron chi connectivity index (χ4n) is 3.21. The molecule has 174 valence electrons. The van der Waals surface area contributed by atoms with Crippen LogP contribution in [0.25, 0.3) is 0 Å². The molecule has 3 aromatic carbocycles. The van der Waals surface area contributed by atoms with Gasteiger partial charge < -0.3 is 14.8 Å². The maximum absolute atomic E-state index is 13.5. The van der Waals surface area contributed by atoms with Gasteiger partial charge >= 0.3 is 0 Å². The van der Waals surface area contributed by atoms with E-state index in [0.717, 1.165) is 11.6 Å². The van der Waals surface area contributed by atoms with Gasteiger partial charge in [-0.05, 0) is 66.9 Å². The van der Waals surface area contributed by atoms with Crippen LogP contribution in [0.5, 0.6) is 11.5 Å². The second-order valence-electron chi connectivity index (χ2n) is 7.26. The van der Waals surface area contributed by atoms with Crippen LogP contribution in [0.3, 0.4) is 0 Å². The van der Waals surface area contributed by atoms with E-state index in [1.54, 1.807) is 32.4 Å². The Hall–Kier alpha value is -3.59. The molecular formula is C24H25FN2O5S. The molecule has 33 heavy (non-hydrogen) atoms. The highest BCUT2D eigenvalue weighted by Gasteiger charge is 2.19. The predicted octanol–water partition coefficient (Wildman–Crippen LogP) is 3.92. The summed E-state index contributed by atoms with van der Waals surface area (Å²) in [5.74, 6) is 0.284. The molecule has 0 unspecified atom stereocenters. The molecule has 0 aliphatic heterocycles. The Labute approximate surface area is 192 Å². The number of nitrogens with one attached hydrogen (secondary N) is 2. The average Bonchev–Trinajstić information content (AvgIpc) is 2.80. The van der Waals surface area contributed by atoms with E-state index in [0.29, 0.717) is 24.5 Å². The van der Waals surface area contributed by atoms with Crippen LogP contribution in [-0.4, -0.2) is 35.1 Å². The van der Waals surface area contributed by atoms with E-state index >= 15 is 0 Å². The average molecular weight is 473 g/mol. The van der Waals surface area contributed by atoms with Gasteiger partial charge in [-0.15, -0.1) is 0 Å². The van der Waals surface area contributed by atoms with Crippen LogP contribution >= 0.6 is 0 Å². The van der Waals surface area contributed by atoms with Crippen LogP contribution in [-0.2, 0) is 16.4 Å². The van der Waals surface area contributed by atoms with Crippen molar-refractivity contribution in [3.05, 3.63) is 83.2 Å². The van der Waals surface area contributed by atoms with Crippen molar-refractivity contribution >= 4 is 21.6 Å². The molecule has 9 heteroatoms. The number of carbonyl (C=O) groups excluding carboxylic acids is 1. The molecular weight excluding hydrogens is 447 g/mol. The molecule has 0 radical (unpaired) electrons. The number of ether oxygens (including phenoxy) is 2.